The monoisotopic (exact) mass is 334 g/mol. The fraction of sp³-hybridized carbons (Fsp3) is 0.611. The van der Waals surface area contributed by atoms with Crippen LogP contribution in [0.1, 0.15) is 18.8 Å². The fourth-order valence-electron chi connectivity index (χ4n) is 3.95. The van der Waals surface area contributed by atoms with E-state index in [4.69, 9.17) is 23.7 Å². The van der Waals surface area contributed by atoms with Crippen LogP contribution in [0.4, 0.5) is 0 Å². The number of methoxy groups -OCH3 is 1. The highest BCUT2D eigenvalue weighted by Gasteiger charge is 2.69. The predicted octanol–water partition coefficient (Wildman–Crippen LogP) is 1.90. The highest BCUT2D eigenvalue weighted by atomic mass is 16.7. The van der Waals surface area contributed by atoms with Crippen LogP contribution in [-0.2, 0) is 28.5 Å². The van der Waals surface area contributed by atoms with E-state index in [1.165, 1.54) is 0 Å². The second-order valence-electron chi connectivity index (χ2n) is 6.39. The maximum Gasteiger partial charge on any atom is 0.309 e. The summed E-state index contributed by atoms with van der Waals surface area (Å²) in [5.74, 6) is -0.364. The van der Waals surface area contributed by atoms with Gasteiger partial charge >= 0.3 is 5.97 Å². The van der Waals surface area contributed by atoms with Crippen LogP contribution in [0.15, 0.2) is 30.3 Å². The Morgan fingerprint density at radius 2 is 2.00 bits per heavy atom. The number of rotatable bonds is 4. The zero-order valence-corrected chi connectivity index (χ0v) is 13.8. The van der Waals surface area contributed by atoms with Gasteiger partial charge in [0.15, 0.2) is 12.6 Å². The minimum absolute atomic E-state index is 0.00942. The van der Waals surface area contributed by atoms with Gasteiger partial charge in [-0.1, -0.05) is 30.3 Å². The van der Waals surface area contributed by atoms with Crippen molar-refractivity contribution in [2.75, 3.05) is 20.3 Å². The maximum atomic E-state index is 12.2. The van der Waals surface area contributed by atoms with Crippen molar-refractivity contribution >= 4 is 5.97 Å². The molecule has 6 heteroatoms. The third kappa shape index (κ3) is 2.63. The molecule has 0 radical (unpaired) electrons. The van der Waals surface area contributed by atoms with Gasteiger partial charge < -0.3 is 23.7 Å². The summed E-state index contributed by atoms with van der Waals surface area (Å²) in [5.41, 5.74) is 0.967. The number of benzene rings is 1. The van der Waals surface area contributed by atoms with Crippen molar-refractivity contribution in [3.8, 4) is 0 Å². The molecule has 4 rings (SSSR count). The Labute approximate surface area is 141 Å². The Balaban J connectivity index is 1.52. The van der Waals surface area contributed by atoms with Gasteiger partial charge in [0, 0.05) is 24.5 Å². The van der Waals surface area contributed by atoms with Gasteiger partial charge in [-0.25, -0.2) is 0 Å². The van der Waals surface area contributed by atoms with Crippen molar-refractivity contribution in [3.63, 3.8) is 0 Å². The molecule has 24 heavy (non-hydrogen) atoms. The summed E-state index contributed by atoms with van der Waals surface area (Å²) < 4.78 is 28.6. The first-order valence-corrected chi connectivity index (χ1v) is 8.41. The second kappa shape index (κ2) is 6.44. The molecule has 0 bridgehead atoms. The van der Waals surface area contributed by atoms with Crippen molar-refractivity contribution < 1.29 is 28.5 Å². The van der Waals surface area contributed by atoms with Gasteiger partial charge in [0.25, 0.3) is 0 Å². The van der Waals surface area contributed by atoms with Crippen LogP contribution in [0.5, 0.6) is 0 Å². The largest absolute Gasteiger partial charge is 0.466 e. The Kier molecular flexibility index (Phi) is 4.30. The molecular weight excluding hydrogens is 312 g/mol. The van der Waals surface area contributed by atoms with Gasteiger partial charge in [0.2, 0.25) is 0 Å². The molecule has 3 aliphatic rings. The molecular formula is C18H22O6. The molecule has 7 atom stereocenters. The van der Waals surface area contributed by atoms with Crippen molar-refractivity contribution in [1.82, 2.24) is 0 Å². The number of hydrogen-bond donors (Lipinski definition) is 0. The Hall–Kier alpha value is -1.47. The number of ether oxygens (including phenoxy) is 5. The zero-order valence-electron chi connectivity index (χ0n) is 13.8. The summed E-state index contributed by atoms with van der Waals surface area (Å²) >= 11 is 0. The second-order valence-corrected chi connectivity index (χ2v) is 6.39. The quantitative estimate of drug-likeness (QED) is 0.784. The van der Waals surface area contributed by atoms with Crippen LogP contribution < -0.4 is 0 Å². The predicted molar refractivity (Wildman–Crippen MR) is 82.8 cm³/mol. The topological polar surface area (TPSA) is 63.2 Å². The average molecular weight is 334 g/mol. The van der Waals surface area contributed by atoms with Gasteiger partial charge in [-0.15, -0.1) is 0 Å². The molecule has 1 aliphatic carbocycles. The molecule has 2 heterocycles. The third-order valence-corrected chi connectivity index (χ3v) is 5.06. The fourth-order valence-corrected chi connectivity index (χ4v) is 3.95. The molecule has 0 N–H and O–H groups in total. The van der Waals surface area contributed by atoms with Gasteiger partial charge in [-0.05, 0) is 6.92 Å². The first-order valence-electron chi connectivity index (χ1n) is 8.41. The van der Waals surface area contributed by atoms with Crippen LogP contribution in [0.2, 0.25) is 0 Å². The van der Waals surface area contributed by atoms with E-state index >= 15 is 0 Å². The lowest BCUT2D eigenvalue weighted by atomic mass is 10.0. The van der Waals surface area contributed by atoms with E-state index in [-0.39, 0.29) is 35.9 Å². The van der Waals surface area contributed by atoms with E-state index in [2.05, 4.69) is 0 Å². The van der Waals surface area contributed by atoms with Crippen molar-refractivity contribution in [1.29, 1.82) is 0 Å². The molecule has 0 aromatic heterocycles. The Bertz CT molecular complexity index is 590. The summed E-state index contributed by atoms with van der Waals surface area (Å²) in [4.78, 5) is 12.2. The molecule has 2 saturated heterocycles. The van der Waals surface area contributed by atoms with Crippen LogP contribution in [0.3, 0.4) is 0 Å². The Morgan fingerprint density at radius 1 is 1.21 bits per heavy atom. The third-order valence-electron chi connectivity index (χ3n) is 5.06. The SMILES string of the molecule is CCOC(=O)[C@H]1[C@H]2[C@@H]3O[C@H](c4ccccc4)OC[C@H]3O[C@H](OC)[C@@H]12. The average Bonchev–Trinajstić information content (AvgIpc) is 3.38. The van der Waals surface area contributed by atoms with E-state index in [1.807, 2.05) is 37.3 Å². The van der Waals surface area contributed by atoms with E-state index in [9.17, 15) is 4.79 Å². The van der Waals surface area contributed by atoms with E-state index in [0.29, 0.717) is 13.2 Å². The maximum absolute atomic E-state index is 12.2. The van der Waals surface area contributed by atoms with E-state index in [0.717, 1.165) is 5.56 Å². The van der Waals surface area contributed by atoms with E-state index < -0.39 is 12.6 Å². The first kappa shape index (κ1) is 16.0. The molecule has 0 spiro atoms. The number of hydrogen-bond acceptors (Lipinski definition) is 6. The van der Waals surface area contributed by atoms with Crippen LogP contribution in [0, 0.1) is 17.8 Å². The van der Waals surface area contributed by atoms with E-state index in [1.54, 1.807) is 7.11 Å². The normalized spacial score (nSPS) is 40.3. The minimum atomic E-state index is -0.431. The summed E-state index contributed by atoms with van der Waals surface area (Å²) in [6.07, 6.45) is -1.25. The lowest BCUT2D eigenvalue weighted by Crippen LogP contribution is -2.49. The standard InChI is InChI=1S/C18H22O6/c1-3-21-16(19)13-12-14(13)18(20-2)23-11-9-22-17(24-15(11)12)10-7-5-4-6-8-10/h4-8,11-15,17-18H,3,9H2,1-2H3/t11-,12-,13+,14-,15-,17-,18+/m1/s1. The smallest absolute Gasteiger partial charge is 0.309 e. The highest BCUT2D eigenvalue weighted by molar-refractivity contribution is 5.77. The zero-order chi connectivity index (χ0) is 16.7. The summed E-state index contributed by atoms with van der Waals surface area (Å²) in [6.45, 7) is 2.61. The molecule has 1 aromatic rings. The highest BCUT2D eigenvalue weighted by Crippen LogP contribution is 2.58. The number of carbonyl (C=O) groups excluding carboxylic acids is 1. The molecule has 1 saturated carbocycles. The summed E-state index contributed by atoms with van der Waals surface area (Å²) in [5, 5.41) is 0. The van der Waals surface area contributed by atoms with Crippen molar-refractivity contribution in [2.45, 2.75) is 31.7 Å². The summed E-state index contributed by atoms with van der Waals surface area (Å²) in [6, 6.07) is 9.80. The van der Waals surface area contributed by atoms with Crippen LogP contribution in [0.25, 0.3) is 0 Å². The molecule has 1 aromatic carbocycles. The van der Waals surface area contributed by atoms with Crippen LogP contribution in [-0.4, -0.2) is 44.8 Å². The molecule has 2 aliphatic heterocycles. The van der Waals surface area contributed by atoms with Crippen molar-refractivity contribution in [2.24, 2.45) is 17.8 Å². The molecule has 3 fully saturated rings. The first-order chi connectivity index (χ1) is 11.7. The molecule has 6 nitrogen and oxygen atoms in total. The van der Waals surface area contributed by atoms with Gasteiger partial charge in [-0.2, -0.15) is 0 Å². The minimum Gasteiger partial charge on any atom is -0.466 e. The number of carbonyl (C=O) groups is 1. The summed E-state index contributed by atoms with van der Waals surface area (Å²) in [7, 11) is 1.60. The van der Waals surface area contributed by atoms with Gasteiger partial charge in [0.1, 0.15) is 6.10 Å². The molecule has 0 unspecified atom stereocenters. The van der Waals surface area contributed by atoms with Gasteiger partial charge in [-0.3, -0.25) is 4.79 Å². The van der Waals surface area contributed by atoms with Gasteiger partial charge in [0.05, 0.1) is 25.2 Å². The Morgan fingerprint density at radius 3 is 2.71 bits per heavy atom. The lowest BCUT2D eigenvalue weighted by Gasteiger charge is -2.41. The number of esters is 1. The van der Waals surface area contributed by atoms with Crippen LogP contribution >= 0.6 is 0 Å². The lowest BCUT2D eigenvalue weighted by molar-refractivity contribution is -0.316. The molecule has 0 amide bonds. The number of fused-ring (bicyclic) bond motifs is 3. The van der Waals surface area contributed by atoms with Crippen molar-refractivity contribution in [3.05, 3.63) is 35.9 Å². The molecule has 130 valence electrons.